The minimum absolute atomic E-state index is 0.0515. The Morgan fingerprint density at radius 3 is 2.85 bits per heavy atom. The number of nitrogens with two attached hydrogens (primary N) is 1. The van der Waals surface area contributed by atoms with E-state index in [1.165, 1.54) is 6.20 Å². The molecule has 0 aromatic carbocycles. The Kier molecular flexibility index (Phi) is 4.19. The van der Waals surface area contributed by atoms with Gasteiger partial charge in [-0.1, -0.05) is 13.8 Å². The standard InChI is InChI=1S/C12H22N4O3S/c1-4-19-10-5-9(12(10,2)3)16-20(17,18)11-8(6-13)7-14-15-11/h7,9-10,16H,4-6,13H2,1-3H3,(H,14,15). The minimum Gasteiger partial charge on any atom is -0.378 e. The van der Waals surface area contributed by atoms with Crippen molar-refractivity contribution in [3.05, 3.63) is 11.8 Å². The normalized spacial score (nSPS) is 25.4. The second-order valence-corrected chi connectivity index (χ2v) is 7.25. The molecule has 2 rings (SSSR count). The van der Waals surface area contributed by atoms with Gasteiger partial charge in [0.2, 0.25) is 0 Å². The van der Waals surface area contributed by atoms with E-state index in [2.05, 4.69) is 14.9 Å². The molecule has 2 unspecified atom stereocenters. The van der Waals surface area contributed by atoms with Gasteiger partial charge in [0.25, 0.3) is 10.0 Å². The van der Waals surface area contributed by atoms with Crippen molar-refractivity contribution < 1.29 is 13.2 Å². The molecule has 1 aliphatic rings. The lowest BCUT2D eigenvalue weighted by atomic mass is 9.65. The quantitative estimate of drug-likeness (QED) is 0.702. The molecule has 0 aliphatic heterocycles. The molecular weight excluding hydrogens is 280 g/mol. The number of aromatic amines is 1. The lowest BCUT2D eigenvalue weighted by molar-refractivity contribution is -0.108. The summed E-state index contributed by atoms with van der Waals surface area (Å²) in [5.74, 6) is 0. The summed E-state index contributed by atoms with van der Waals surface area (Å²) in [5, 5.41) is 6.30. The highest BCUT2D eigenvalue weighted by Crippen LogP contribution is 2.43. The average molecular weight is 302 g/mol. The maximum Gasteiger partial charge on any atom is 0.258 e. The van der Waals surface area contributed by atoms with Crippen LogP contribution in [0.15, 0.2) is 11.2 Å². The molecule has 1 aliphatic carbocycles. The van der Waals surface area contributed by atoms with Gasteiger partial charge in [0.05, 0.1) is 12.3 Å². The number of ether oxygens (including phenoxy) is 1. The van der Waals surface area contributed by atoms with Crippen molar-refractivity contribution >= 4 is 10.0 Å². The highest BCUT2D eigenvalue weighted by Gasteiger charge is 2.50. The minimum atomic E-state index is -3.63. The first-order chi connectivity index (χ1) is 9.32. The number of rotatable bonds is 6. The van der Waals surface area contributed by atoms with Crippen LogP contribution in [0.4, 0.5) is 0 Å². The third-order valence-corrected chi connectivity index (χ3v) is 5.50. The Morgan fingerprint density at radius 1 is 1.60 bits per heavy atom. The molecule has 4 N–H and O–H groups in total. The SMILES string of the molecule is CCOC1CC(NS(=O)(=O)c2[nH]ncc2CN)C1(C)C. The van der Waals surface area contributed by atoms with Gasteiger partial charge in [0.15, 0.2) is 5.03 Å². The summed E-state index contributed by atoms with van der Waals surface area (Å²) in [6.07, 6.45) is 2.19. The topological polar surface area (TPSA) is 110 Å². The van der Waals surface area contributed by atoms with E-state index in [0.29, 0.717) is 18.6 Å². The van der Waals surface area contributed by atoms with Crippen LogP contribution < -0.4 is 10.5 Å². The van der Waals surface area contributed by atoms with Crippen LogP contribution >= 0.6 is 0 Å². The number of hydrogen-bond acceptors (Lipinski definition) is 5. The lowest BCUT2D eigenvalue weighted by Crippen LogP contribution is -2.62. The van der Waals surface area contributed by atoms with Crippen LogP contribution in [0, 0.1) is 5.41 Å². The van der Waals surface area contributed by atoms with Crippen LogP contribution in [0.2, 0.25) is 0 Å². The molecule has 1 saturated carbocycles. The monoisotopic (exact) mass is 302 g/mol. The van der Waals surface area contributed by atoms with Gasteiger partial charge >= 0.3 is 0 Å². The van der Waals surface area contributed by atoms with Crippen molar-refractivity contribution in [3.63, 3.8) is 0 Å². The summed E-state index contributed by atoms with van der Waals surface area (Å²) in [4.78, 5) is 0. The van der Waals surface area contributed by atoms with Crippen molar-refractivity contribution in [2.24, 2.45) is 11.1 Å². The van der Waals surface area contributed by atoms with Crippen molar-refractivity contribution in [1.82, 2.24) is 14.9 Å². The van der Waals surface area contributed by atoms with E-state index in [9.17, 15) is 8.42 Å². The van der Waals surface area contributed by atoms with Gasteiger partial charge in [-0.15, -0.1) is 0 Å². The predicted octanol–water partition coefficient (Wildman–Crippen LogP) is 0.350. The van der Waals surface area contributed by atoms with Crippen LogP contribution in [-0.2, 0) is 21.3 Å². The smallest absolute Gasteiger partial charge is 0.258 e. The van der Waals surface area contributed by atoms with E-state index in [-0.39, 0.29) is 29.1 Å². The number of sulfonamides is 1. The summed E-state index contributed by atoms with van der Waals surface area (Å²) in [6, 6.07) is -0.155. The number of hydrogen-bond donors (Lipinski definition) is 3. The van der Waals surface area contributed by atoms with Crippen LogP contribution in [-0.4, -0.2) is 37.4 Å². The average Bonchev–Trinajstić information content (AvgIpc) is 2.86. The van der Waals surface area contributed by atoms with E-state index in [1.807, 2.05) is 20.8 Å². The van der Waals surface area contributed by atoms with Gasteiger partial charge in [-0.25, -0.2) is 13.1 Å². The molecule has 0 spiro atoms. The summed E-state index contributed by atoms with van der Waals surface area (Å²) >= 11 is 0. The molecule has 2 atom stereocenters. The first kappa shape index (κ1) is 15.4. The second-order valence-electron chi connectivity index (χ2n) is 5.60. The highest BCUT2D eigenvalue weighted by atomic mass is 32.2. The molecule has 20 heavy (non-hydrogen) atoms. The van der Waals surface area contributed by atoms with Crippen molar-refractivity contribution in [3.8, 4) is 0 Å². The van der Waals surface area contributed by atoms with Crippen molar-refractivity contribution in [2.75, 3.05) is 6.61 Å². The number of nitrogens with zero attached hydrogens (tertiary/aromatic N) is 1. The Morgan fingerprint density at radius 2 is 2.30 bits per heavy atom. The number of nitrogens with one attached hydrogen (secondary N) is 2. The Hall–Kier alpha value is -0.960. The molecule has 1 fully saturated rings. The fraction of sp³-hybridized carbons (Fsp3) is 0.750. The van der Waals surface area contributed by atoms with E-state index in [4.69, 9.17) is 10.5 Å². The van der Waals surface area contributed by atoms with Gasteiger partial charge in [0.1, 0.15) is 0 Å². The first-order valence-electron chi connectivity index (χ1n) is 6.69. The van der Waals surface area contributed by atoms with Gasteiger partial charge in [-0.05, 0) is 13.3 Å². The van der Waals surface area contributed by atoms with Crippen LogP contribution in [0.5, 0.6) is 0 Å². The lowest BCUT2D eigenvalue weighted by Gasteiger charge is -2.51. The van der Waals surface area contributed by atoms with Crippen LogP contribution in [0.3, 0.4) is 0 Å². The molecule has 114 valence electrons. The number of H-pyrrole nitrogens is 1. The van der Waals surface area contributed by atoms with Crippen molar-refractivity contribution in [1.29, 1.82) is 0 Å². The van der Waals surface area contributed by atoms with Gasteiger partial charge in [0, 0.05) is 30.2 Å². The molecule has 0 bridgehead atoms. The van der Waals surface area contributed by atoms with Gasteiger partial charge in [-0.2, -0.15) is 5.10 Å². The Balaban J connectivity index is 2.11. The zero-order chi connectivity index (χ0) is 15.0. The van der Waals surface area contributed by atoms with Gasteiger partial charge in [-0.3, -0.25) is 5.10 Å². The fourth-order valence-electron chi connectivity index (χ4n) is 2.49. The van der Waals surface area contributed by atoms with Crippen molar-refractivity contribution in [2.45, 2.75) is 50.9 Å². The third kappa shape index (κ3) is 2.60. The molecule has 0 saturated heterocycles. The molecule has 0 radical (unpaired) electrons. The second kappa shape index (κ2) is 5.44. The molecule has 1 aromatic rings. The molecule has 1 heterocycles. The summed E-state index contributed by atoms with van der Waals surface area (Å²) < 4.78 is 33.0. The zero-order valence-corrected chi connectivity index (χ0v) is 12.8. The summed E-state index contributed by atoms with van der Waals surface area (Å²) in [7, 11) is -3.63. The molecule has 1 aromatic heterocycles. The largest absolute Gasteiger partial charge is 0.378 e. The van der Waals surface area contributed by atoms with E-state index in [0.717, 1.165) is 0 Å². The summed E-state index contributed by atoms with van der Waals surface area (Å²) in [5.41, 5.74) is 5.76. The Labute approximate surface area is 119 Å². The maximum absolute atomic E-state index is 12.3. The number of aromatic nitrogens is 2. The molecule has 7 nitrogen and oxygen atoms in total. The van der Waals surface area contributed by atoms with E-state index >= 15 is 0 Å². The maximum atomic E-state index is 12.3. The zero-order valence-electron chi connectivity index (χ0n) is 12.0. The van der Waals surface area contributed by atoms with Gasteiger partial charge < -0.3 is 10.5 Å². The van der Waals surface area contributed by atoms with Crippen LogP contribution in [0.25, 0.3) is 0 Å². The third-order valence-electron chi connectivity index (χ3n) is 4.01. The molecule has 0 amide bonds. The van der Waals surface area contributed by atoms with E-state index < -0.39 is 10.0 Å². The summed E-state index contributed by atoms with van der Waals surface area (Å²) in [6.45, 7) is 6.70. The Bertz CT molecular complexity index is 567. The van der Waals surface area contributed by atoms with E-state index in [1.54, 1.807) is 0 Å². The predicted molar refractivity (Wildman–Crippen MR) is 74.4 cm³/mol. The molecular formula is C12H22N4O3S. The van der Waals surface area contributed by atoms with Crippen LogP contribution in [0.1, 0.15) is 32.8 Å². The molecule has 8 heteroatoms. The highest BCUT2D eigenvalue weighted by molar-refractivity contribution is 7.89. The fourth-order valence-corrected chi connectivity index (χ4v) is 4.04. The first-order valence-corrected chi connectivity index (χ1v) is 8.17.